The summed E-state index contributed by atoms with van der Waals surface area (Å²) >= 11 is 6.66. The van der Waals surface area contributed by atoms with Gasteiger partial charge in [0.05, 0.1) is 6.54 Å². The summed E-state index contributed by atoms with van der Waals surface area (Å²) in [6.45, 7) is 2.50. The van der Waals surface area contributed by atoms with Crippen LogP contribution in [0.5, 0.6) is 0 Å². The minimum absolute atomic E-state index is 0.0166. The highest BCUT2D eigenvalue weighted by molar-refractivity contribution is 7.18. The molecule has 1 aromatic heterocycles. The van der Waals surface area contributed by atoms with Crippen LogP contribution in [0, 0.1) is 0 Å². The Balaban J connectivity index is 2.93. The largest absolute Gasteiger partial charge is 0.477 e. The summed E-state index contributed by atoms with van der Waals surface area (Å²) < 4.78 is 0. The molecule has 0 bridgehead atoms. The lowest BCUT2D eigenvalue weighted by Gasteiger charge is -2.18. The standard InChI is InChI=1S/C9H12ClN3O3S/c1-3-13(4-5(14)11-2)9-12-7(10)6(17-9)8(15)16/h3-4H2,1-2H3,(H,11,14)(H,15,16). The van der Waals surface area contributed by atoms with E-state index in [2.05, 4.69) is 10.3 Å². The van der Waals surface area contributed by atoms with E-state index in [0.29, 0.717) is 11.7 Å². The minimum Gasteiger partial charge on any atom is -0.477 e. The molecular formula is C9H12ClN3O3S. The quantitative estimate of drug-likeness (QED) is 0.841. The summed E-state index contributed by atoms with van der Waals surface area (Å²) in [7, 11) is 1.54. The third kappa shape index (κ3) is 3.31. The number of anilines is 1. The van der Waals surface area contributed by atoms with Gasteiger partial charge >= 0.3 is 5.97 Å². The van der Waals surface area contributed by atoms with Gasteiger partial charge in [-0.05, 0) is 6.92 Å². The molecule has 0 spiro atoms. The second-order valence-corrected chi connectivity index (χ2v) is 4.44. The molecule has 0 aliphatic heterocycles. The van der Waals surface area contributed by atoms with Gasteiger partial charge in [0, 0.05) is 13.6 Å². The number of nitrogens with one attached hydrogen (secondary N) is 1. The number of aromatic nitrogens is 1. The number of likely N-dealkylation sites (N-methyl/N-ethyl adjacent to an activating group) is 2. The van der Waals surface area contributed by atoms with Crippen molar-refractivity contribution in [2.75, 3.05) is 25.0 Å². The van der Waals surface area contributed by atoms with Crippen molar-refractivity contribution in [1.29, 1.82) is 0 Å². The second kappa shape index (κ2) is 5.83. The molecule has 1 heterocycles. The maximum Gasteiger partial charge on any atom is 0.349 e. The average Bonchev–Trinajstić information content (AvgIpc) is 2.67. The van der Waals surface area contributed by atoms with E-state index in [9.17, 15) is 9.59 Å². The third-order valence-corrected chi connectivity index (χ3v) is 3.52. The minimum atomic E-state index is -1.12. The normalized spacial score (nSPS) is 10.1. The van der Waals surface area contributed by atoms with Gasteiger partial charge in [0.15, 0.2) is 15.2 Å². The van der Waals surface area contributed by atoms with Gasteiger partial charge < -0.3 is 15.3 Å². The Morgan fingerprint density at radius 2 is 2.24 bits per heavy atom. The highest BCUT2D eigenvalue weighted by Crippen LogP contribution is 2.29. The number of carbonyl (C=O) groups is 2. The van der Waals surface area contributed by atoms with Crippen LogP contribution in [0.15, 0.2) is 0 Å². The molecule has 0 unspecified atom stereocenters. The molecule has 0 aliphatic carbocycles. The molecule has 0 saturated heterocycles. The van der Waals surface area contributed by atoms with Gasteiger partial charge in [-0.2, -0.15) is 0 Å². The van der Waals surface area contributed by atoms with Gasteiger partial charge in [-0.25, -0.2) is 9.78 Å². The van der Waals surface area contributed by atoms with Crippen molar-refractivity contribution >= 4 is 39.9 Å². The van der Waals surface area contributed by atoms with Gasteiger partial charge in [0.1, 0.15) is 0 Å². The van der Waals surface area contributed by atoms with Crippen molar-refractivity contribution in [3.05, 3.63) is 10.0 Å². The number of carboxylic acid groups (broad SMARTS) is 1. The lowest BCUT2D eigenvalue weighted by molar-refractivity contribution is -0.119. The van der Waals surface area contributed by atoms with Crippen molar-refractivity contribution in [2.24, 2.45) is 0 Å². The van der Waals surface area contributed by atoms with Crippen molar-refractivity contribution in [1.82, 2.24) is 10.3 Å². The van der Waals surface area contributed by atoms with Crippen LogP contribution in [0.25, 0.3) is 0 Å². The molecule has 6 nitrogen and oxygen atoms in total. The van der Waals surface area contributed by atoms with Gasteiger partial charge in [-0.1, -0.05) is 22.9 Å². The Morgan fingerprint density at radius 3 is 2.65 bits per heavy atom. The molecular weight excluding hydrogens is 266 g/mol. The fraction of sp³-hybridized carbons (Fsp3) is 0.444. The SMILES string of the molecule is CCN(CC(=O)NC)c1nc(Cl)c(C(=O)O)s1. The third-order valence-electron chi connectivity index (χ3n) is 2.03. The molecule has 8 heteroatoms. The van der Waals surface area contributed by atoms with Gasteiger partial charge in [0.25, 0.3) is 0 Å². The number of nitrogens with zero attached hydrogens (tertiary/aromatic N) is 2. The van der Waals surface area contributed by atoms with Crippen LogP contribution in [0.3, 0.4) is 0 Å². The molecule has 0 aromatic carbocycles. The highest BCUT2D eigenvalue weighted by Gasteiger charge is 2.19. The van der Waals surface area contributed by atoms with E-state index in [0.717, 1.165) is 11.3 Å². The lowest BCUT2D eigenvalue weighted by Crippen LogP contribution is -2.35. The van der Waals surface area contributed by atoms with Crippen LogP contribution >= 0.6 is 22.9 Å². The Bertz CT molecular complexity index is 435. The van der Waals surface area contributed by atoms with Crippen LogP contribution < -0.4 is 10.2 Å². The zero-order valence-corrected chi connectivity index (χ0v) is 10.9. The first-order valence-corrected chi connectivity index (χ1v) is 6.04. The van der Waals surface area contributed by atoms with Crippen molar-refractivity contribution < 1.29 is 14.7 Å². The van der Waals surface area contributed by atoms with Crippen LogP contribution in [0.4, 0.5) is 5.13 Å². The highest BCUT2D eigenvalue weighted by atomic mass is 35.5. The molecule has 1 amide bonds. The van der Waals surface area contributed by atoms with Crippen molar-refractivity contribution in [3.8, 4) is 0 Å². The molecule has 1 rings (SSSR count). The van der Waals surface area contributed by atoms with Gasteiger partial charge in [-0.15, -0.1) is 0 Å². The molecule has 0 saturated carbocycles. The van der Waals surface area contributed by atoms with E-state index in [-0.39, 0.29) is 22.5 Å². The van der Waals surface area contributed by atoms with Crippen LogP contribution in [0.2, 0.25) is 5.15 Å². The fourth-order valence-electron chi connectivity index (χ4n) is 1.13. The van der Waals surface area contributed by atoms with E-state index in [1.165, 1.54) is 7.05 Å². The van der Waals surface area contributed by atoms with E-state index in [1.807, 2.05) is 6.92 Å². The number of halogens is 1. The number of rotatable bonds is 5. The van der Waals surface area contributed by atoms with E-state index >= 15 is 0 Å². The monoisotopic (exact) mass is 277 g/mol. The number of hydrogen-bond acceptors (Lipinski definition) is 5. The summed E-state index contributed by atoms with van der Waals surface area (Å²) in [6.07, 6.45) is 0. The molecule has 0 fully saturated rings. The van der Waals surface area contributed by atoms with E-state index in [4.69, 9.17) is 16.7 Å². The van der Waals surface area contributed by atoms with Crippen LogP contribution in [-0.2, 0) is 4.79 Å². The number of carboxylic acids is 1. The van der Waals surface area contributed by atoms with Gasteiger partial charge in [0.2, 0.25) is 5.91 Å². The Morgan fingerprint density at radius 1 is 1.59 bits per heavy atom. The van der Waals surface area contributed by atoms with Crippen molar-refractivity contribution in [2.45, 2.75) is 6.92 Å². The summed E-state index contributed by atoms with van der Waals surface area (Å²) in [5.41, 5.74) is 0. The molecule has 17 heavy (non-hydrogen) atoms. The summed E-state index contributed by atoms with van der Waals surface area (Å²) in [4.78, 5) is 27.6. The number of hydrogen-bond donors (Lipinski definition) is 2. The average molecular weight is 278 g/mol. The molecule has 1 aromatic rings. The Labute approximate surface area is 107 Å². The smallest absolute Gasteiger partial charge is 0.349 e. The first-order valence-electron chi connectivity index (χ1n) is 4.84. The first-order chi connectivity index (χ1) is 7.99. The molecule has 0 atom stereocenters. The number of thiazole rings is 1. The zero-order chi connectivity index (χ0) is 13.0. The number of amides is 1. The Kier molecular flexibility index (Phi) is 4.71. The summed E-state index contributed by atoms with van der Waals surface area (Å²) in [6, 6.07) is 0. The zero-order valence-electron chi connectivity index (χ0n) is 9.36. The second-order valence-electron chi connectivity index (χ2n) is 3.11. The molecule has 0 radical (unpaired) electrons. The molecule has 0 aliphatic rings. The summed E-state index contributed by atoms with van der Waals surface area (Å²) in [5.74, 6) is -1.29. The van der Waals surface area contributed by atoms with Crippen LogP contribution in [0.1, 0.15) is 16.6 Å². The number of carbonyl (C=O) groups excluding carboxylic acids is 1. The predicted molar refractivity (Wildman–Crippen MR) is 66.0 cm³/mol. The van der Waals surface area contributed by atoms with E-state index < -0.39 is 5.97 Å². The fourth-order valence-corrected chi connectivity index (χ4v) is 2.31. The maximum atomic E-state index is 11.3. The van der Waals surface area contributed by atoms with Crippen molar-refractivity contribution in [3.63, 3.8) is 0 Å². The summed E-state index contributed by atoms with van der Waals surface area (Å²) in [5, 5.41) is 11.7. The topological polar surface area (TPSA) is 82.5 Å². The first kappa shape index (κ1) is 13.7. The van der Waals surface area contributed by atoms with E-state index in [1.54, 1.807) is 4.90 Å². The molecule has 94 valence electrons. The molecule has 2 N–H and O–H groups in total. The maximum absolute atomic E-state index is 11.3. The number of aromatic carboxylic acids is 1. The van der Waals surface area contributed by atoms with Crippen LogP contribution in [-0.4, -0.2) is 42.1 Å². The lowest BCUT2D eigenvalue weighted by atomic mass is 10.5. The Hall–Kier alpha value is -1.34. The predicted octanol–water partition coefficient (Wildman–Crippen LogP) is 1.07. The van der Waals surface area contributed by atoms with Gasteiger partial charge in [-0.3, -0.25) is 4.79 Å².